The molecule has 0 aliphatic carbocycles. The Bertz CT molecular complexity index is 279. The van der Waals surface area contributed by atoms with Crippen LogP contribution in [0.2, 0.25) is 0 Å². The van der Waals surface area contributed by atoms with Gasteiger partial charge in [0.2, 0.25) is 0 Å². The topological polar surface area (TPSA) is 55.6 Å². The van der Waals surface area contributed by atoms with E-state index in [1.54, 1.807) is 0 Å². The van der Waals surface area contributed by atoms with Gasteiger partial charge >= 0.3 is 5.97 Å². The Hall–Kier alpha value is -0.870. The van der Waals surface area contributed by atoms with Gasteiger partial charge in [0.15, 0.2) is 0 Å². The first kappa shape index (κ1) is 15.2. The van der Waals surface area contributed by atoms with Gasteiger partial charge in [-0.25, -0.2) is 4.79 Å². The van der Waals surface area contributed by atoms with Gasteiger partial charge in [-0.2, -0.15) is 0 Å². The summed E-state index contributed by atoms with van der Waals surface area (Å²) in [6.07, 6.45) is 7.05. The average Bonchev–Trinajstić information content (AvgIpc) is 2.39. The van der Waals surface area contributed by atoms with Crippen molar-refractivity contribution in [2.75, 3.05) is 26.2 Å². The third kappa shape index (κ3) is 4.78. The molecule has 1 saturated heterocycles. The molecule has 0 aromatic heterocycles. The fourth-order valence-electron chi connectivity index (χ4n) is 2.51. The number of esters is 1. The van der Waals surface area contributed by atoms with Crippen LogP contribution in [0.1, 0.15) is 33.1 Å². The van der Waals surface area contributed by atoms with E-state index in [2.05, 4.69) is 11.8 Å². The van der Waals surface area contributed by atoms with Gasteiger partial charge in [0.05, 0.1) is 6.61 Å². The lowest BCUT2D eigenvalue weighted by molar-refractivity contribution is -0.137. The molecule has 2 unspecified atom stereocenters. The van der Waals surface area contributed by atoms with Crippen LogP contribution in [0.5, 0.6) is 0 Å². The highest BCUT2D eigenvalue weighted by molar-refractivity contribution is 5.81. The molecule has 0 radical (unpaired) electrons. The highest BCUT2D eigenvalue weighted by Crippen LogP contribution is 2.24. The van der Waals surface area contributed by atoms with Gasteiger partial charge in [0, 0.05) is 25.2 Å². The molecule has 18 heavy (non-hydrogen) atoms. The van der Waals surface area contributed by atoms with Crippen LogP contribution in [0.3, 0.4) is 0 Å². The Morgan fingerprint density at radius 1 is 1.50 bits per heavy atom. The second kappa shape index (κ2) is 8.27. The minimum atomic E-state index is -0.259. The zero-order valence-electron chi connectivity index (χ0n) is 11.6. The lowest BCUT2D eigenvalue weighted by Crippen LogP contribution is -2.46. The number of nitrogens with zero attached hydrogens (tertiary/aromatic N) is 1. The lowest BCUT2D eigenvalue weighted by atomic mass is 9.89. The predicted octanol–water partition coefficient (Wildman–Crippen LogP) is 1.55. The first-order valence-electron chi connectivity index (χ1n) is 6.98. The highest BCUT2D eigenvalue weighted by atomic mass is 16.5. The normalized spacial score (nSPS) is 25.5. The summed E-state index contributed by atoms with van der Waals surface area (Å²) in [6, 6.07) is 0.454. The summed E-state index contributed by atoms with van der Waals surface area (Å²) in [7, 11) is 0. The smallest absolute Gasteiger partial charge is 0.330 e. The van der Waals surface area contributed by atoms with Crippen molar-refractivity contribution in [3.05, 3.63) is 12.2 Å². The molecule has 1 rings (SSSR count). The Labute approximate surface area is 110 Å². The molecular formula is C14H26N2O2. The number of nitrogens with two attached hydrogens (primary N) is 1. The average molecular weight is 254 g/mol. The highest BCUT2D eigenvalue weighted by Gasteiger charge is 2.25. The summed E-state index contributed by atoms with van der Waals surface area (Å²) in [4.78, 5) is 13.5. The van der Waals surface area contributed by atoms with Gasteiger partial charge in [-0.15, -0.1) is 0 Å². The van der Waals surface area contributed by atoms with Crippen LogP contribution in [-0.2, 0) is 9.53 Å². The zero-order chi connectivity index (χ0) is 13.4. The van der Waals surface area contributed by atoms with Crippen LogP contribution >= 0.6 is 0 Å². The van der Waals surface area contributed by atoms with E-state index in [1.165, 1.54) is 25.3 Å². The molecular weight excluding hydrogens is 228 g/mol. The van der Waals surface area contributed by atoms with Gasteiger partial charge in [-0.3, -0.25) is 4.90 Å². The second-order valence-electron chi connectivity index (χ2n) is 4.84. The summed E-state index contributed by atoms with van der Waals surface area (Å²) in [5.74, 6) is 0.550. The van der Waals surface area contributed by atoms with Crippen molar-refractivity contribution in [2.24, 2.45) is 11.7 Å². The molecule has 0 aromatic rings. The maximum atomic E-state index is 11.2. The molecule has 0 amide bonds. The number of rotatable bonds is 6. The third-order valence-electron chi connectivity index (χ3n) is 3.68. The van der Waals surface area contributed by atoms with E-state index < -0.39 is 0 Å². The summed E-state index contributed by atoms with van der Waals surface area (Å²) >= 11 is 0. The van der Waals surface area contributed by atoms with Crippen LogP contribution in [0.4, 0.5) is 0 Å². The molecule has 4 nitrogen and oxygen atoms in total. The predicted molar refractivity (Wildman–Crippen MR) is 73.2 cm³/mol. The fraction of sp³-hybridized carbons (Fsp3) is 0.786. The molecule has 4 heteroatoms. The van der Waals surface area contributed by atoms with E-state index >= 15 is 0 Å². The van der Waals surface area contributed by atoms with Crippen LogP contribution in [0, 0.1) is 5.92 Å². The molecule has 0 aromatic carbocycles. The van der Waals surface area contributed by atoms with E-state index in [0.717, 1.165) is 19.0 Å². The molecule has 104 valence electrons. The zero-order valence-corrected chi connectivity index (χ0v) is 11.6. The van der Waals surface area contributed by atoms with E-state index in [-0.39, 0.29) is 5.97 Å². The largest absolute Gasteiger partial charge is 0.463 e. The maximum absolute atomic E-state index is 11.2. The van der Waals surface area contributed by atoms with Gasteiger partial charge in [-0.05, 0) is 32.2 Å². The fourth-order valence-corrected chi connectivity index (χ4v) is 2.51. The van der Waals surface area contributed by atoms with Gasteiger partial charge in [0.25, 0.3) is 0 Å². The monoisotopic (exact) mass is 254 g/mol. The van der Waals surface area contributed by atoms with Crippen LogP contribution in [0.25, 0.3) is 0 Å². The van der Waals surface area contributed by atoms with E-state index in [0.29, 0.717) is 19.2 Å². The molecule has 0 saturated carbocycles. The molecule has 1 aliphatic rings. The van der Waals surface area contributed by atoms with E-state index in [9.17, 15) is 4.79 Å². The summed E-state index contributed by atoms with van der Waals surface area (Å²) in [5.41, 5.74) is 5.83. The van der Waals surface area contributed by atoms with Gasteiger partial charge in [0.1, 0.15) is 0 Å². The SMILES string of the molecule is CCOC(=O)/C=C/CN1CCC(CC)CC1CN. The van der Waals surface area contributed by atoms with Crippen LogP contribution in [0.15, 0.2) is 12.2 Å². The number of piperidine rings is 1. The number of hydrogen-bond acceptors (Lipinski definition) is 4. The first-order chi connectivity index (χ1) is 8.71. The van der Waals surface area contributed by atoms with Crippen LogP contribution < -0.4 is 5.73 Å². The van der Waals surface area contributed by atoms with Crippen molar-refractivity contribution in [2.45, 2.75) is 39.2 Å². The Morgan fingerprint density at radius 3 is 2.89 bits per heavy atom. The molecule has 1 fully saturated rings. The summed E-state index contributed by atoms with van der Waals surface area (Å²) < 4.78 is 4.85. The number of ether oxygens (including phenoxy) is 1. The molecule has 2 N–H and O–H groups in total. The van der Waals surface area contributed by atoms with Crippen molar-refractivity contribution in [3.63, 3.8) is 0 Å². The number of carbonyl (C=O) groups excluding carboxylic acids is 1. The minimum Gasteiger partial charge on any atom is -0.463 e. The van der Waals surface area contributed by atoms with Crippen molar-refractivity contribution in [3.8, 4) is 0 Å². The number of likely N-dealkylation sites (tertiary alicyclic amines) is 1. The lowest BCUT2D eigenvalue weighted by Gasteiger charge is -2.38. The van der Waals surface area contributed by atoms with E-state index in [4.69, 9.17) is 10.5 Å². The van der Waals surface area contributed by atoms with Gasteiger partial charge < -0.3 is 10.5 Å². The Balaban J connectivity index is 2.39. The third-order valence-corrected chi connectivity index (χ3v) is 3.68. The first-order valence-corrected chi connectivity index (χ1v) is 6.98. The summed E-state index contributed by atoms with van der Waals surface area (Å²) in [5, 5.41) is 0. The van der Waals surface area contributed by atoms with Crippen molar-refractivity contribution >= 4 is 5.97 Å². The molecule has 0 spiro atoms. The molecule has 1 heterocycles. The molecule has 2 atom stereocenters. The molecule has 0 bridgehead atoms. The van der Waals surface area contributed by atoms with Crippen molar-refractivity contribution < 1.29 is 9.53 Å². The number of carbonyl (C=O) groups is 1. The Morgan fingerprint density at radius 2 is 2.28 bits per heavy atom. The maximum Gasteiger partial charge on any atom is 0.330 e. The quantitative estimate of drug-likeness (QED) is 0.577. The van der Waals surface area contributed by atoms with Gasteiger partial charge in [-0.1, -0.05) is 19.4 Å². The van der Waals surface area contributed by atoms with Crippen LogP contribution in [-0.4, -0.2) is 43.2 Å². The number of hydrogen-bond donors (Lipinski definition) is 1. The standard InChI is InChI=1S/C14H26N2O2/c1-3-12-7-9-16(13(10-12)11-15)8-5-6-14(17)18-4-2/h5-6,12-13H,3-4,7-11,15H2,1-2H3/b6-5+. The molecule has 1 aliphatic heterocycles. The van der Waals surface area contributed by atoms with Crippen molar-refractivity contribution in [1.82, 2.24) is 4.90 Å². The minimum absolute atomic E-state index is 0.259. The van der Waals surface area contributed by atoms with Crippen molar-refractivity contribution in [1.29, 1.82) is 0 Å². The summed E-state index contributed by atoms with van der Waals surface area (Å²) in [6.45, 7) is 7.05. The second-order valence-corrected chi connectivity index (χ2v) is 4.84. The van der Waals surface area contributed by atoms with E-state index in [1.807, 2.05) is 13.0 Å². The Kier molecular flexibility index (Phi) is 6.98.